The van der Waals surface area contributed by atoms with E-state index < -0.39 is 11.5 Å². The van der Waals surface area contributed by atoms with Gasteiger partial charge >= 0.3 is 12.0 Å². The number of pyridine rings is 1. The van der Waals surface area contributed by atoms with Crippen LogP contribution in [0.4, 0.5) is 10.5 Å². The van der Waals surface area contributed by atoms with Crippen LogP contribution in [-0.4, -0.2) is 28.6 Å². The highest BCUT2D eigenvalue weighted by Gasteiger charge is 2.10. The number of carbonyl (C=O) groups excluding carboxylic acids is 1. The summed E-state index contributed by atoms with van der Waals surface area (Å²) in [6, 6.07) is 5.74. The van der Waals surface area contributed by atoms with Crippen molar-refractivity contribution in [3.8, 4) is 0 Å². The lowest BCUT2D eigenvalue weighted by Crippen LogP contribution is -2.28. The molecule has 2 amide bonds. The zero-order valence-corrected chi connectivity index (χ0v) is 10.7. The third kappa shape index (κ3) is 2.77. The Kier molecular flexibility index (Phi) is 3.69. The van der Waals surface area contributed by atoms with Gasteiger partial charge < -0.3 is 20.7 Å². The van der Waals surface area contributed by atoms with E-state index in [0.29, 0.717) is 23.1 Å². The van der Waals surface area contributed by atoms with Crippen LogP contribution < -0.4 is 16.2 Å². The number of aromatic nitrogens is 1. The zero-order chi connectivity index (χ0) is 14.7. The molecule has 0 radical (unpaired) electrons. The summed E-state index contributed by atoms with van der Waals surface area (Å²) >= 11 is 0. The number of amides is 2. The van der Waals surface area contributed by atoms with E-state index in [1.165, 1.54) is 6.07 Å². The van der Waals surface area contributed by atoms with Crippen molar-refractivity contribution in [1.29, 1.82) is 0 Å². The Bertz CT molecular complexity index is 736. The van der Waals surface area contributed by atoms with Gasteiger partial charge in [0.05, 0.1) is 0 Å². The molecule has 0 bridgehead atoms. The summed E-state index contributed by atoms with van der Waals surface area (Å²) in [7, 11) is 0. The quantitative estimate of drug-likeness (QED) is 0.677. The van der Waals surface area contributed by atoms with E-state index in [1.54, 1.807) is 25.1 Å². The van der Waals surface area contributed by atoms with Gasteiger partial charge in [-0.3, -0.25) is 4.79 Å². The van der Waals surface area contributed by atoms with Crippen molar-refractivity contribution in [1.82, 2.24) is 10.3 Å². The Balaban J connectivity index is 2.42. The molecule has 4 N–H and O–H groups in total. The van der Waals surface area contributed by atoms with Crippen molar-refractivity contribution < 1.29 is 14.7 Å². The highest BCUT2D eigenvalue weighted by atomic mass is 16.4. The molecule has 0 aliphatic rings. The van der Waals surface area contributed by atoms with Crippen LogP contribution in [0.2, 0.25) is 0 Å². The molecule has 2 aromatic rings. The van der Waals surface area contributed by atoms with Crippen LogP contribution in [0.15, 0.2) is 29.1 Å². The molecule has 0 saturated carbocycles. The molecular formula is C13H13N3O4. The lowest BCUT2D eigenvalue weighted by molar-refractivity contribution is 0.0695. The van der Waals surface area contributed by atoms with Crippen LogP contribution in [0.5, 0.6) is 0 Å². The predicted molar refractivity (Wildman–Crippen MR) is 74.2 cm³/mol. The van der Waals surface area contributed by atoms with Crippen LogP contribution in [0.1, 0.15) is 17.3 Å². The molecule has 20 heavy (non-hydrogen) atoms. The maximum Gasteiger partial charge on any atom is 0.341 e. The highest BCUT2D eigenvalue weighted by molar-refractivity contribution is 5.95. The number of anilines is 1. The fraction of sp³-hybridized carbons (Fsp3) is 0.154. The monoisotopic (exact) mass is 275 g/mol. The number of carbonyl (C=O) groups is 2. The summed E-state index contributed by atoms with van der Waals surface area (Å²) < 4.78 is 0. The van der Waals surface area contributed by atoms with Gasteiger partial charge in [0.25, 0.3) is 5.56 Å². The minimum absolute atomic E-state index is 0.340. The molecule has 7 nitrogen and oxygen atoms in total. The number of hydrogen-bond donors (Lipinski definition) is 4. The topological polar surface area (TPSA) is 111 Å². The predicted octanol–water partition coefficient (Wildman–Crippen LogP) is 1.37. The smallest absolute Gasteiger partial charge is 0.341 e. The van der Waals surface area contributed by atoms with E-state index in [9.17, 15) is 14.4 Å². The molecule has 1 heterocycles. The van der Waals surface area contributed by atoms with Gasteiger partial charge in [-0.1, -0.05) is 0 Å². The first-order valence-electron chi connectivity index (χ1n) is 5.96. The summed E-state index contributed by atoms with van der Waals surface area (Å²) in [4.78, 5) is 36.3. The second-order valence-corrected chi connectivity index (χ2v) is 4.10. The summed E-state index contributed by atoms with van der Waals surface area (Å²) in [5.74, 6) is -1.30. The third-order valence-corrected chi connectivity index (χ3v) is 2.67. The number of aromatic carboxylic acids is 1. The molecule has 7 heteroatoms. The van der Waals surface area contributed by atoms with Gasteiger partial charge in [-0.25, -0.2) is 9.59 Å². The van der Waals surface area contributed by atoms with Crippen molar-refractivity contribution in [2.45, 2.75) is 6.92 Å². The summed E-state index contributed by atoms with van der Waals surface area (Å²) in [6.45, 7) is 2.29. The number of carboxylic acids is 1. The Morgan fingerprint density at radius 2 is 2.05 bits per heavy atom. The van der Waals surface area contributed by atoms with Crippen molar-refractivity contribution >= 4 is 28.6 Å². The zero-order valence-electron chi connectivity index (χ0n) is 10.7. The number of H-pyrrole nitrogens is 1. The van der Waals surface area contributed by atoms with Crippen LogP contribution in [0.25, 0.3) is 10.9 Å². The van der Waals surface area contributed by atoms with E-state index in [4.69, 9.17) is 5.11 Å². The minimum Gasteiger partial charge on any atom is -0.477 e. The first-order chi connectivity index (χ1) is 9.51. The number of nitrogens with one attached hydrogen (secondary N) is 3. The number of urea groups is 1. The molecule has 0 spiro atoms. The van der Waals surface area contributed by atoms with E-state index in [2.05, 4.69) is 15.6 Å². The average molecular weight is 275 g/mol. The molecule has 2 rings (SSSR count). The lowest BCUT2D eigenvalue weighted by Gasteiger charge is -2.07. The first-order valence-corrected chi connectivity index (χ1v) is 5.96. The molecule has 1 aromatic carbocycles. The number of benzene rings is 1. The Hall–Kier alpha value is -2.83. The van der Waals surface area contributed by atoms with Crippen LogP contribution >= 0.6 is 0 Å². The number of carboxylic acid groups (broad SMARTS) is 1. The largest absolute Gasteiger partial charge is 0.477 e. The Morgan fingerprint density at radius 3 is 2.70 bits per heavy atom. The lowest BCUT2D eigenvalue weighted by atomic mass is 10.1. The normalized spacial score (nSPS) is 10.2. The number of hydrogen-bond acceptors (Lipinski definition) is 3. The van der Waals surface area contributed by atoms with Gasteiger partial charge in [0, 0.05) is 23.1 Å². The molecule has 0 aliphatic heterocycles. The van der Waals surface area contributed by atoms with Gasteiger partial charge in [-0.15, -0.1) is 0 Å². The van der Waals surface area contributed by atoms with Gasteiger partial charge in [-0.05, 0) is 31.2 Å². The van der Waals surface area contributed by atoms with Gasteiger partial charge in [0.1, 0.15) is 5.56 Å². The molecule has 0 unspecified atom stereocenters. The fourth-order valence-corrected chi connectivity index (χ4v) is 1.78. The van der Waals surface area contributed by atoms with Gasteiger partial charge in [-0.2, -0.15) is 0 Å². The summed E-state index contributed by atoms with van der Waals surface area (Å²) in [6.07, 6.45) is 0. The summed E-state index contributed by atoms with van der Waals surface area (Å²) in [5.41, 5.74) is 0.00961. The van der Waals surface area contributed by atoms with E-state index >= 15 is 0 Å². The van der Waals surface area contributed by atoms with Crippen molar-refractivity contribution in [2.75, 3.05) is 11.9 Å². The van der Waals surface area contributed by atoms with Crippen molar-refractivity contribution in [3.63, 3.8) is 0 Å². The highest BCUT2D eigenvalue weighted by Crippen LogP contribution is 2.17. The maximum atomic E-state index is 11.5. The second kappa shape index (κ2) is 5.43. The molecule has 0 saturated heterocycles. The number of fused-ring (bicyclic) bond motifs is 1. The molecule has 0 atom stereocenters. The number of rotatable bonds is 3. The SMILES string of the molecule is CCNC(=O)Nc1ccc2[nH]c(=O)c(C(=O)O)cc2c1. The fourth-order valence-electron chi connectivity index (χ4n) is 1.78. The molecule has 0 fully saturated rings. The first kappa shape index (κ1) is 13.6. The molecule has 104 valence electrons. The van der Waals surface area contributed by atoms with E-state index in [1.807, 2.05) is 0 Å². The van der Waals surface area contributed by atoms with Crippen LogP contribution in [0.3, 0.4) is 0 Å². The Labute approximate surface area is 113 Å². The van der Waals surface area contributed by atoms with E-state index in [-0.39, 0.29) is 11.6 Å². The Morgan fingerprint density at radius 1 is 1.30 bits per heavy atom. The average Bonchev–Trinajstić information content (AvgIpc) is 2.38. The van der Waals surface area contributed by atoms with Crippen LogP contribution in [-0.2, 0) is 0 Å². The van der Waals surface area contributed by atoms with Crippen molar-refractivity contribution in [2.24, 2.45) is 0 Å². The second-order valence-electron chi connectivity index (χ2n) is 4.10. The standard InChI is InChI=1S/C13H13N3O4/c1-2-14-13(20)15-8-3-4-10-7(5-8)6-9(12(18)19)11(17)16-10/h3-6H,2H2,1H3,(H,16,17)(H,18,19)(H2,14,15,20). The maximum absolute atomic E-state index is 11.5. The van der Waals surface area contributed by atoms with Gasteiger partial charge in [0.15, 0.2) is 0 Å². The number of aromatic amines is 1. The summed E-state index contributed by atoms with van der Waals surface area (Å²) in [5, 5.41) is 14.6. The molecular weight excluding hydrogens is 262 g/mol. The minimum atomic E-state index is -1.30. The molecule has 1 aromatic heterocycles. The van der Waals surface area contributed by atoms with Gasteiger partial charge in [0.2, 0.25) is 0 Å². The third-order valence-electron chi connectivity index (χ3n) is 2.67. The van der Waals surface area contributed by atoms with E-state index in [0.717, 1.165) is 0 Å². The van der Waals surface area contributed by atoms with Crippen molar-refractivity contribution in [3.05, 3.63) is 40.2 Å². The molecule has 0 aliphatic carbocycles. The van der Waals surface area contributed by atoms with Crippen LogP contribution in [0, 0.1) is 0 Å².